The minimum atomic E-state index is -0.574. The molecule has 3 rings (SSSR count). The van der Waals surface area contributed by atoms with Crippen LogP contribution in [0.4, 0.5) is 14.5 Å². The molecule has 158 valence electrons. The molecule has 0 radical (unpaired) electrons. The molecule has 2 aromatic carbocycles. The number of hydrogen-bond donors (Lipinski definition) is 1. The molecule has 0 bridgehead atoms. The van der Waals surface area contributed by atoms with E-state index in [4.69, 9.17) is 0 Å². The average molecular weight is 432 g/mol. The third-order valence-corrected chi connectivity index (χ3v) is 5.72. The van der Waals surface area contributed by atoms with Gasteiger partial charge in [-0.25, -0.2) is 8.78 Å². The first kappa shape index (κ1) is 21.9. The number of rotatable bonds is 7. The Morgan fingerprint density at radius 1 is 1.07 bits per heavy atom. The van der Waals surface area contributed by atoms with Crippen molar-refractivity contribution in [1.82, 2.24) is 19.7 Å². The fourth-order valence-electron chi connectivity index (χ4n) is 2.70. The molecular weight excluding hydrogens is 408 g/mol. The SMILES string of the molecule is C[C@H](Sc1nnc([C@H](C)N(C)C)n1-c1ccc(F)cc1)C(=O)Nc1ccccc1F. The van der Waals surface area contributed by atoms with E-state index in [0.717, 1.165) is 0 Å². The molecule has 3 aromatic rings. The van der Waals surface area contributed by atoms with Gasteiger partial charge in [-0.2, -0.15) is 0 Å². The number of para-hydroxylation sites is 1. The van der Waals surface area contributed by atoms with E-state index in [1.165, 1.54) is 36.0 Å². The summed E-state index contributed by atoms with van der Waals surface area (Å²) in [5.41, 5.74) is 0.811. The summed E-state index contributed by atoms with van der Waals surface area (Å²) < 4.78 is 29.1. The summed E-state index contributed by atoms with van der Waals surface area (Å²) in [4.78, 5) is 14.6. The number of halogens is 2. The predicted molar refractivity (Wildman–Crippen MR) is 114 cm³/mol. The summed E-state index contributed by atoms with van der Waals surface area (Å²) in [5.74, 6) is -0.544. The lowest BCUT2D eigenvalue weighted by molar-refractivity contribution is -0.115. The van der Waals surface area contributed by atoms with Crippen LogP contribution >= 0.6 is 11.8 Å². The van der Waals surface area contributed by atoms with Crippen LogP contribution in [0.15, 0.2) is 53.7 Å². The molecule has 0 aliphatic rings. The van der Waals surface area contributed by atoms with Crippen molar-refractivity contribution in [3.05, 3.63) is 66.0 Å². The van der Waals surface area contributed by atoms with Crippen LogP contribution in [0, 0.1) is 11.6 Å². The first-order valence-corrected chi connectivity index (χ1v) is 10.3. The van der Waals surface area contributed by atoms with E-state index in [2.05, 4.69) is 15.5 Å². The Labute approximate surface area is 178 Å². The second kappa shape index (κ2) is 9.36. The van der Waals surface area contributed by atoms with Crippen molar-refractivity contribution in [3.63, 3.8) is 0 Å². The van der Waals surface area contributed by atoms with Gasteiger partial charge in [-0.05, 0) is 64.3 Å². The first-order chi connectivity index (χ1) is 14.3. The van der Waals surface area contributed by atoms with E-state index < -0.39 is 11.1 Å². The quantitative estimate of drug-likeness (QED) is 0.566. The number of nitrogens with one attached hydrogen (secondary N) is 1. The second-order valence-electron chi connectivity index (χ2n) is 7.02. The van der Waals surface area contributed by atoms with Gasteiger partial charge in [0.05, 0.1) is 17.0 Å². The van der Waals surface area contributed by atoms with E-state index in [0.29, 0.717) is 16.7 Å². The molecule has 0 fully saturated rings. The normalized spacial score (nSPS) is 13.3. The molecule has 0 spiro atoms. The first-order valence-electron chi connectivity index (χ1n) is 9.37. The fourth-order valence-corrected chi connectivity index (χ4v) is 3.57. The van der Waals surface area contributed by atoms with Crippen molar-refractivity contribution in [2.24, 2.45) is 0 Å². The maximum atomic E-state index is 13.8. The minimum Gasteiger partial charge on any atom is -0.323 e. The summed E-state index contributed by atoms with van der Waals surface area (Å²) in [5, 5.41) is 11.1. The molecular formula is C21H23F2N5OS. The zero-order valence-corrected chi connectivity index (χ0v) is 18.0. The molecule has 2 atom stereocenters. The molecule has 1 aromatic heterocycles. The highest BCUT2D eigenvalue weighted by molar-refractivity contribution is 8.00. The van der Waals surface area contributed by atoms with E-state index in [1.54, 1.807) is 31.2 Å². The molecule has 6 nitrogen and oxygen atoms in total. The number of carbonyl (C=O) groups is 1. The molecule has 0 aliphatic carbocycles. The number of nitrogens with zero attached hydrogens (tertiary/aromatic N) is 4. The van der Waals surface area contributed by atoms with Crippen molar-refractivity contribution in [3.8, 4) is 5.69 Å². The van der Waals surface area contributed by atoms with Gasteiger partial charge in [0, 0.05) is 5.69 Å². The van der Waals surface area contributed by atoms with Gasteiger partial charge >= 0.3 is 0 Å². The van der Waals surface area contributed by atoms with E-state index >= 15 is 0 Å². The highest BCUT2D eigenvalue weighted by Gasteiger charge is 2.24. The number of aromatic nitrogens is 3. The smallest absolute Gasteiger partial charge is 0.237 e. The summed E-state index contributed by atoms with van der Waals surface area (Å²) in [7, 11) is 3.84. The maximum absolute atomic E-state index is 13.8. The predicted octanol–water partition coefficient (Wildman–Crippen LogP) is 4.29. The van der Waals surface area contributed by atoms with Gasteiger partial charge in [-0.15, -0.1) is 10.2 Å². The van der Waals surface area contributed by atoms with Crippen molar-refractivity contribution < 1.29 is 13.6 Å². The Hall–Kier alpha value is -2.78. The summed E-state index contributed by atoms with van der Waals surface area (Å²) >= 11 is 1.19. The fraction of sp³-hybridized carbons (Fsp3) is 0.286. The number of hydrogen-bond acceptors (Lipinski definition) is 5. The van der Waals surface area contributed by atoms with Crippen molar-refractivity contribution in [1.29, 1.82) is 0 Å². The zero-order chi connectivity index (χ0) is 21.8. The molecule has 9 heteroatoms. The standard InChI is InChI=1S/C21H23F2N5OS/c1-13(27(3)4)19-25-26-21(28(19)16-11-9-15(22)10-12-16)30-14(2)20(29)24-18-8-6-5-7-17(18)23/h5-14H,1-4H3,(H,24,29)/t13-,14-/m0/s1. The largest absolute Gasteiger partial charge is 0.323 e. The van der Waals surface area contributed by atoms with Crippen LogP contribution in [0.25, 0.3) is 5.69 Å². The lowest BCUT2D eigenvalue weighted by atomic mass is 10.2. The molecule has 1 amide bonds. The number of anilines is 1. The number of carbonyl (C=O) groups excluding carboxylic acids is 1. The van der Waals surface area contributed by atoms with Gasteiger partial charge < -0.3 is 5.32 Å². The summed E-state index contributed by atoms with van der Waals surface area (Å²) in [6.45, 7) is 3.69. The Kier molecular flexibility index (Phi) is 6.84. The van der Waals surface area contributed by atoms with Gasteiger partial charge in [0.25, 0.3) is 0 Å². The third-order valence-electron chi connectivity index (χ3n) is 4.67. The van der Waals surface area contributed by atoms with Crippen LogP contribution in [0.2, 0.25) is 0 Å². The van der Waals surface area contributed by atoms with Gasteiger partial charge in [0.15, 0.2) is 11.0 Å². The molecule has 30 heavy (non-hydrogen) atoms. The van der Waals surface area contributed by atoms with Crippen molar-refractivity contribution >= 4 is 23.4 Å². The lowest BCUT2D eigenvalue weighted by Crippen LogP contribution is -2.24. The maximum Gasteiger partial charge on any atom is 0.237 e. The Morgan fingerprint density at radius 3 is 2.37 bits per heavy atom. The zero-order valence-electron chi connectivity index (χ0n) is 17.1. The van der Waals surface area contributed by atoms with Crippen LogP contribution < -0.4 is 5.32 Å². The Balaban J connectivity index is 1.88. The topological polar surface area (TPSA) is 63.1 Å². The van der Waals surface area contributed by atoms with Gasteiger partial charge in [-0.1, -0.05) is 23.9 Å². The second-order valence-corrected chi connectivity index (χ2v) is 8.33. The summed E-state index contributed by atoms with van der Waals surface area (Å²) in [6.07, 6.45) is 0. The van der Waals surface area contributed by atoms with Gasteiger partial charge in [0.2, 0.25) is 5.91 Å². The van der Waals surface area contributed by atoms with Crippen molar-refractivity contribution in [2.45, 2.75) is 30.3 Å². The van der Waals surface area contributed by atoms with Crippen LogP contribution in [-0.2, 0) is 4.79 Å². The highest BCUT2D eigenvalue weighted by Crippen LogP contribution is 2.30. The molecule has 0 unspecified atom stereocenters. The van der Waals surface area contributed by atoms with Crippen molar-refractivity contribution in [2.75, 3.05) is 19.4 Å². The lowest BCUT2D eigenvalue weighted by Gasteiger charge is -2.21. The molecule has 0 saturated heterocycles. The average Bonchev–Trinajstić information content (AvgIpc) is 3.12. The summed E-state index contributed by atoms with van der Waals surface area (Å²) in [6, 6.07) is 11.9. The van der Waals surface area contributed by atoms with Gasteiger partial charge in [-0.3, -0.25) is 14.3 Å². The number of benzene rings is 2. The van der Waals surface area contributed by atoms with Crippen LogP contribution in [-0.4, -0.2) is 44.9 Å². The molecule has 1 N–H and O–H groups in total. The van der Waals surface area contributed by atoms with Crippen LogP contribution in [0.3, 0.4) is 0 Å². The Morgan fingerprint density at radius 2 is 1.73 bits per heavy atom. The van der Waals surface area contributed by atoms with Gasteiger partial charge in [0.1, 0.15) is 11.6 Å². The minimum absolute atomic E-state index is 0.0700. The molecule has 0 saturated carbocycles. The third kappa shape index (κ3) is 4.85. The highest BCUT2D eigenvalue weighted by atomic mass is 32.2. The van der Waals surface area contributed by atoms with Crippen LogP contribution in [0.1, 0.15) is 25.7 Å². The monoisotopic (exact) mass is 431 g/mol. The molecule has 0 aliphatic heterocycles. The van der Waals surface area contributed by atoms with E-state index in [1.807, 2.05) is 30.5 Å². The molecule has 1 heterocycles. The van der Waals surface area contributed by atoms with Crippen LogP contribution in [0.5, 0.6) is 0 Å². The number of amides is 1. The Bertz CT molecular complexity index is 1020. The van der Waals surface area contributed by atoms with E-state index in [-0.39, 0.29) is 23.5 Å². The van der Waals surface area contributed by atoms with E-state index in [9.17, 15) is 13.6 Å². The number of thioether (sulfide) groups is 1.